The number of carbonyl (C=O) groups is 1. The molecule has 1 heterocycles. The molecule has 1 aliphatic heterocycles. The van der Waals surface area contributed by atoms with Gasteiger partial charge in [-0.05, 0) is 42.5 Å². The minimum absolute atomic E-state index is 0.00614. The monoisotopic (exact) mass is 367 g/mol. The van der Waals surface area contributed by atoms with Crippen molar-refractivity contribution in [1.82, 2.24) is 4.90 Å². The lowest BCUT2D eigenvalue weighted by Gasteiger charge is -2.38. The molecule has 5 nitrogen and oxygen atoms in total. The lowest BCUT2D eigenvalue weighted by molar-refractivity contribution is 0.0658. The minimum Gasteiger partial charge on any atom is -0.497 e. The summed E-state index contributed by atoms with van der Waals surface area (Å²) in [6, 6.07) is 8.86. The molecule has 132 valence electrons. The van der Waals surface area contributed by atoms with Crippen LogP contribution in [-0.4, -0.2) is 44.7 Å². The van der Waals surface area contributed by atoms with Crippen LogP contribution in [0.4, 0.5) is 8.78 Å². The van der Waals surface area contributed by atoms with Gasteiger partial charge in [-0.15, -0.1) is 0 Å². The lowest BCUT2D eigenvalue weighted by atomic mass is 10.1. The van der Waals surface area contributed by atoms with Gasteiger partial charge in [-0.2, -0.15) is 0 Å². The van der Waals surface area contributed by atoms with Gasteiger partial charge in [0.2, 0.25) is 0 Å². The quantitative estimate of drug-likeness (QED) is 0.832. The highest BCUT2D eigenvalue weighted by Crippen LogP contribution is 2.26. The Morgan fingerprint density at radius 3 is 2.28 bits per heavy atom. The number of rotatable bonds is 4. The Kier molecular flexibility index (Phi) is 4.47. The number of benzene rings is 2. The van der Waals surface area contributed by atoms with Crippen LogP contribution >= 0.6 is 0 Å². The van der Waals surface area contributed by atoms with Gasteiger partial charge >= 0.3 is 0 Å². The largest absolute Gasteiger partial charge is 0.497 e. The van der Waals surface area contributed by atoms with Gasteiger partial charge in [-0.3, -0.25) is 4.79 Å². The molecule has 1 saturated heterocycles. The summed E-state index contributed by atoms with van der Waals surface area (Å²) in [4.78, 5) is 13.6. The van der Waals surface area contributed by atoms with Crippen LogP contribution in [0.5, 0.6) is 5.75 Å². The van der Waals surface area contributed by atoms with E-state index in [2.05, 4.69) is 0 Å². The lowest BCUT2D eigenvalue weighted by Crippen LogP contribution is -2.56. The second-order valence-corrected chi connectivity index (χ2v) is 7.91. The summed E-state index contributed by atoms with van der Waals surface area (Å²) in [7, 11) is -2.09. The van der Waals surface area contributed by atoms with Gasteiger partial charge in [0.05, 0.1) is 12.0 Å². The topological polar surface area (TPSA) is 63.7 Å². The Balaban J connectivity index is 1.70. The van der Waals surface area contributed by atoms with Crippen LogP contribution in [0.25, 0.3) is 0 Å². The molecule has 1 amide bonds. The first-order valence-electron chi connectivity index (χ1n) is 7.45. The van der Waals surface area contributed by atoms with Crippen molar-refractivity contribution >= 4 is 15.7 Å². The van der Waals surface area contributed by atoms with Crippen LogP contribution in [0.2, 0.25) is 0 Å². The normalized spacial score (nSPS) is 14.9. The molecule has 0 spiro atoms. The standard InChI is InChI=1S/C17H15F2NO4S/c1-24-12-3-5-13(6-4-12)25(22,23)14-9-20(10-14)17(21)11-2-7-15(18)16(19)8-11/h2-8,14H,9-10H2,1H3. The van der Waals surface area contributed by atoms with Crippen molar-refractivity contribution in [2.45, 2.75) is 10.1 Å². The number of methoxy groups -OCH3 is 1. The van der Waals surface area contributed by atoms with Crippen molar-refractivity contribution in [3.63, 3.8) is 0 Å². The average molecular weight is 367 g/mol. The van der Waals surface area contributed by atoms with Gasteiger partial charge in [0.15, 0.2) is 21.5 Å². The predicted molar refractivity (Wildman–Crippen MR) is 86.2 cm³/mol. The van der Waals surface area contributed by atoms with Crippen molar-refractivity contribution < 1.29 is 26.7 Å². The summed E-state index contributed by atoms with van der Waals surface area (Å²) >= 11 is 0. The van der Waals surface area contributed by atoms with Crippen molar-refractivity contribution in [2.75, 3.05) is 20.2 Å². The van der Waals surface area contributed by atoms with Crippen LogP contribution in [0.15, 0.2) is 47.4 Å². The number of hydrogen-bond acceptors (Lipinski definition) is 4. The van der Waals surface area contributed by atoms with Crippen molar-refractivity contribution in [1.29, 1.82) is 0 Å². The highest BCUT2D eigenvalue weighted by molar-refractivity contribution is 7.92. The van der Waals surface area contributed by atoms with Gasteiger partial charge in [-0.25, -0.2) is 17.2 Å². The molecule has 0 unspecified atom stereocenters. The molecular weight excluding hydrogens is 352 g/mol. The van der Waals surface area contributed by atoms with Gasteiger partial charge in [-0.1, -0.05) is 0 Å². The van der Waals surface area contributed by atoms with Crippen molar-refractivity contribution in [2.24, 2.45) is 0 Å². The SMILES string of the molecule is COc1ccc(S(=O)(=O)C2CN(C(=O)c3ccc(F)c(F)c3)C2)cc1. The second-order valence-electron chi connectivity index (χ2n) is 5.68. The first-order chi connectivity index (χ1) is 11.8. The zero-order chi connectivity index (χ0) is 18.2. The van der Waals surface area contributed by atoms with Gasteiger partial charge in [0.1, 0.15) is 11.0 Å². The van der Waals surface area contributed by atoms with E-state index >= 15 is 0 Å². The van der Waals surface area contributed by atoms with E-state index in [0.29, 0.717) is 5.75 Å². The van der Waals surface area contributed by atoms with E-state index in [9.17, 15) is 22.0 Å². The van der Waals surface area contributed by atoms with Gasteiger partial charge < -0.3 is 9.64 Å². The third kappa shape index (κ3) is 3.21. The maximum atomic E-state index is 13.2. The highest BCUT2D eigenvalue weighted by atomic mass is 32.2. The average Bonchev–Trinajstić information content (AvgIpc) is 2.55. The van der Waals surface area contributed by atoms with Gasteiger partial charge in [0.25, 0.3) is 5.91 Å². The summed E-state index contributed by atoms with van der Waals surface area (Å²) in [6.07, 6.45) is 0. The van der Waals surface area contributed by atoms with Crippen LogP contribution in [0.1, 0.15) is 10.4 Å². The van der Waals surface area contributed by atoms with E-state index in [0.717, 1.165) is 12.1 Å². The number of carbonyl (C=O) groups excluding carboxylic acids is 1. The van der Waals surface area contributed by atoms with Gasteiger partial charge in [0, 0.05) is 18.7 Å². The molecule has 0 saturated carbocycles. The Labute approximate surface area is 143 Å². The van der Waals surface area contributed by atoms with Crippen LogP contribution in [0, 0.1) is 11.6 Å². The third-order valence-corrected chi connectivity index (χ3v) is 6.23. The Morgan fingerprint density at radius 1 is 1.08 bits per heavy atom. The van der Waals surface area contributed by atoms with E-state index in [-0.39, 0.29) is 23.5 Å². The summed E-state index contributed by atoms with van der Waals surface area (Å²) in [5, 5.41) is -0.727. The fourth-order valence-corrected chi connectivity index (χ4v) is 4.22. The molecule has 0 bridgehead atoms. The summed E-state index contributed by atoms with van der Waals surface area (Å²) < 4.78 is 56.2. The maximum Gasteiger partial charge on any atom is 0.254 e. The Bertz CT molecular complexity index is 907. The number of halogens is 2. The summed E-state index contributed by atoms with van der Waals surface area (Å²) in [5.74, 6) is -2.14. The smallest absolute Gasteiger partial charge is 0.254 e. The third-order valence-electron chi connectivity index (χ3n) is 4.13. The van der Waals surface area contributed by atoms with E-state index in [4.69, 9.17) is 4.74 Å². The number of sulfone groups is 1. The number of hydrogen-bond donors (Lipinski definition) is 0. The number of nitrogens with zero attached hydrogens (tertiary/aromatic N) is 1. The van der Waals surface area contributed by atoms with E-state index in [1.165, 1.54) is 30.2 Å². The molecule has 2 aromatic rings. The molecule has 0 radical (unpaired) electrons. The fraction of sp³-hybridized carbons (Fsp3) is 0.235. The molecule has 8 heteroatoms. The van der Waals surface area contributed by atoms with E-state index in [1.807, 2.05) is 0 Å². The summed E-state index contributed by atoms with van der Waals surface area (Å²) in [6.45, 7) is 0.0123. The zero-order valence-corrected chi connectivity index (χ0v) is 14.1. The number of likely N-dealkylation sites (tertiary alicyclic amines) is 1. The van der Waals surface area contributed by atoms with E-state index in [1.54, 1.807) is 12.1 Å². The zero-order valence-electron chi connectivity index (χ0n) is 13.3. The second kappa shape index (κ2) is 6.44. The molecule has 2 aromatic carbocycles. The maximum absolute atomic E-state index is 13.2. The van der Waals surface area contributed by atoms with Crippen molar-refractivity contribution in [3.05, 3.63) is 59.7 Å². The minimum atomic E-state index is -3.57. The predicted octanol–water partition coefficient (Wildman–Crippen LogP) is 2.27. The molecule has 0 atom stereocenters. The number of ether oxygens (including phenoxy) is 1. The van der Waals surface area contributed by atoms with Crippen LogP contribution < -0.4 is 4.74 Å². The highest BCUT2D eigenvalue weighted by Gasteiger charge is 2.40. The first kappa shape index (κ1) is 17.3. The van der Waals surface area contributed by atoms with Crippen LogP contribution in [0.3, 0.4) is 0 Å². The molecule has 3 rings (SSSR count). The molecule has 1 aliphatic rings. The molecule has 25 heavy (non-hydrogen) atoms. The molecular formula is C17H15F2NO4S. The Morgan fingerprint density at radius 2 is 1.72 bits per heavy atom. The van der Waals surface area contributed by atoms with Crippen LogP contribution in [-0.2, 0) is 9.84 Å². The fourth-order valence-electron chi connectivity index (χ4n) is 2.57. The van der Waals surface area contributed by atoms with Crippen molar-refractivity contribution in [3.8, 4) is 5.75 Å². The molecule has 1 fully saturated rings. The number of amides is 1. The molecule has 0 N–H and O–H groups in total. The molecule has 0 aromatic heterocycles. The first-order valence-corrected chi connectivity index (χ1v) is 9.00. The Hall–Kier alpha value is -2.48. The van der Waals surface area contributed by atoms with E-state index < -0.39 is 32.6 Å². The molecule has 0 aliphatic carbocycles. The summed E-state index contributed by atoms with van der Waals surface area (Å²) in [5.41, 5.74) is -0.0146.